The van der Waals surface area contributed by atoms with Crippen LogP contribution in [0, 0.1) is 10.1 Å². The minimum absolute atomic E-state index is 0.0418. The van der Waals surface area contributed by atoms with Gasteiger partial charge in [-0.05, 0) is 81.5 Å². The summed E-state index contributed by atoms with van der Waals surface area (Å²) >= 11 is 1.62. The topological polar surface area (TPSA) is 184 Å². The summed E-state index contributed by atoms with van der Waals surface area (Å²) in [7, 11) is 0. The third-order valence-corrected chi connectivity index (χ3v) is 9.01. The van der Waals surface area contributed by atoms with Crippen molar-refractivity contribution < 1.29 is 38.3 Å². The van der Waals surface area contributed by atoms with Crippen LogP contribution in [-0.4, -0.2) is 75.4 Å². The van der Waals surface area contributed by atoms with E-state index >= 15 is 0 Å². The van der Waals surface area contributed by atoms with E-state index in [1.165, 1.54) is 12.5 Å². The predicted octanol–water partition coefficient (Wildman–Crippen LogP) is 4.44. The Morgan fingerprint density at radius 2 is 1.94 bits per heavy atom. The first-order valence-corrected chi connectivity index (χ1v) is 15.9. The van der Waals surface area contributed by atoms with Gasteiger partial charge in [-0.15, -0.1) is 11.8 Å². The highest BCUT2D eigenvalue weighted by Gasteiger charge is 2.48. The number of carbonyl (C=O) groups excluding carboxylic acids is 4. The minimum atomic E-state index is -0.385. The molecular weight excluding hydrogens is 628 g/mol. The van der Waals surface area contributed by atoms with E-state index in [0.29, 0.717) is 12.2 Å². The molecule has 2 aromatic carbocycles. The van der Waals surface area contributed by atoms with Crippen molar-refractivity contribution in [1.82, 2.24) is 9.88 Å². The van der Waals surface area contributed by atoms with Crippen molar-refractivity contribution in [2.75, 3.05) is 19.0 Å². The molecule has 3 aliphatic rings. The number of fused-ring (bicyclic) bond motifs is 6. The number of benzene rings is 2. The first-order valence-electron chi connectivity index (χ1n) is 14.9. The van der Waals surface area contributed by atoms with Crippen molar-refractivity contribution in [3.8, 4) is 17.0 Å². The van der Waals surface area contributed by atoms with E-state index < -0.39 is 0 Å². The second-order valence-electron chi connectivity index (χ2n) is 12.0. The van der Waals surface area contributed by atoms with E-state index in [1.807, 2.05) is 52.0 Å². The van der Waals surface area contributed by atoms with Crippen molar-refractivity contribution in [3.05, 3.63) is 68.9 Å². The number of hydrogen-bond acceptors (Lipinski definition) is 11. The zero-order chi connectivity index (χ0) is 34.5. The van der Waals surface area contributed by atoms with E-state index in [0.717, 1.165) is 63.9 Å². The first kappa shape index (κ1) is 35.2. The Bertz CT molecular complexity index is 1730. The second kappa shape index (κ2) is 14.8. The van der Waals surface area contributed by atoms with Crippen LogP contribution in [0.1, 0.15) is 45.7 Å². The van der Waals surface area contributed by atoms with E-state index in [2.05, 4.69) is 9.72 Å². The molecule has 1 amide bonds. The lowest BCUT2D eigenvalue weighted by Gasteiger charge is -2.48. The van der Waals surface area contributed by atoms with Gasteiger partial charge >= 0.3 is 5.97 Å². The maximum absolute atomic E-state index is 11.5. The molecule has 2 atom stereocenters. The molecule has 0 bridgehead atoms. The number of β-lactam (4-membered cyclic amide) rings is 1. The van der Waals surface area contributed by atoms with Crippen LogP contribution in [0.4, 0.5) is 5.69 Å². The molecule has 0 spiro atoms. The van der Waals surface area contributed by atoms with Crippen molar-refractivity contribution in [2.45, 2.75) is 64.5 Å². The van der Waals surface area contributed by atoms with Crippen LogP contribution in [0.25, 0.3) is 22.2 Å². The lowest BCUT2D eigenvalue weighted by atomic mass is 9.89. The fourth-order valence-corrected chi connectivity index (χ4v) is 6.71. The van der Waals surface area contributed by atoms with Gasteiger partial charge in [-0.3, -0.25) is 29.3 Å². The minimum Gasteiger partial charge on any atom is -0.486 e. The van der Waals surface area contributed by atoms with E-state index in [1.54, 1.807) is 28.8 Å². The number of hydrogen-bond donors (Lipinski definition) is 2. The summed E-state index contributed by atoms with van der Waals surface area (Å²) < 4.78 is 14.8. The van der Waals surface area contributed by atoms with Gasteiger partial charge in [0.05, 0.1) is 10.4 Å². The number of nitrogens with one attached hydrogen (secondary N) is 1. The number of non-ortho nitro benzene ring substituents is 1. The number of nitrogens with two attached hydrogens (primary N) is 1. The standard InChI is InChI=1S/C18H14N2O4.C10H14N2O3S.C5H10O2/c21-7-8-24-13-3-6-14-11(9-13)1-4-16-15-5-2-12(20(22)23)10-17(15)19-18(14)16;1-5-7(3-15-6(2)13)4-16-10-8(11)9(14)12(5)10;1-5(2,3)7-4-6/h2-3,5-7,9-10,19H,1,4,8H2;8,10H,3-4,11H2,1-2H3;4H,1-3H3. The summed E-state index contributed by atoms with van der Waals surface area (Å²) in [5.74, 6) is 1.09. The normalized spacial score (nSPS) is 17.7. The maximum atomic E-state index is 11.5. The molecule has 3 aromatic rings. The Balaban J connectivity index is 0.000000187. The monoisotopic (exact) mass is 666 g/mol. The number of amides is 1. The quantitative estimate of drug-likeness (QED) is 0.119. The molecule has 1 aromatic heterocycles. The third-order valence-electron chi connectivity index (χ3n) is 7.65. The molecule has 1 fully saturated rings. The Hall–Kier alpha value is -4.69. The zero-order valence-electron chi connectivity index (χ0n) is 26.9. The molecule has 0 radical (unpaired) electrons. The largest absolute Gasteiger partial charge is 0.486 e. The number of carbonyl (C=O) groups is 4. The highest BCUT2D eigenvalue weighted by molar-refractivity contribution is 8.00. The summed E-state index contributed by atoms with van der Waals surface area (Å²) in [6.07, 6.45) is 2.45. The van der Waals surface area contributed by atoms with E-state index in [9.17, 15) is 29.3 Å². The van der Waals surface area contributed by atoms with Crippen LogP contribution in [-0.2, 0) is 41.5 Å². The molecule has 6 rings (SSSR count). The molecule has 1 saturated heterocycles. The van der Waals surface area contributed by atoms with Crippen molar-refractivity contribution in [3.63, 3.8) is 0 Å². The van der Waals surface area contributed by atoms with Gasteiger partial charge in [0.25, 0.3) is 12.2 Å². The molecule has 13 nitrogen and oxygen atoms in total. The number of ether oxygens (including phenoxy) is 3. The van der Waals surface area contributed by atoms with Gasteiger partial charge in [-0.2, -0.15) is 0 Å². The lowest BCUT2D eigenvalue weighted by molar-refractivity contribution is -0.384. The van der Waals surface area contributed by atoms with Gasteiger partial charge in [-0.25, -0.2) is 0 Å². The van der Waals surface area contributed by atoms with Gasteiger partial charge in [0, 0.05) is 47.1 Å². The molecule has 0 saturated carbocycles. The highest BCUT2D eigenvalue weighted by Crippen LogP contribution is 2.40. The predicted molar refractivity (Wildman–Crippen MR) is 177 cm³/mol. The molecule has 1 aliphatic carbocycles. The van der Waals surface area contributed by atoms with Gasteiger partial charge < -0.3 is 29.8 Å². The summed E-state index contributed by atoms with van der Waals surface area (Å²) in [6, 6.07) is 10.3. The number of thioether (sulfide) groups is 1. The highest BCUT2D eigenvalue weighted by atomic mass is 32.2. The number of nitrogens with zero attached hydrogens (tertiary/aromatic N) is 2. The smallest absolute Gasteiger partial charge is 0.302 e. The Morgan fingerprint density at radius 1 is 1.19 bits per heavy atom. The number of aldehydes is 1. The SMILES string of the molecule is CC(=O)OCC1=C(C)N2C(=O)C(N)C2SC1.CC(C)(C)OC=O.O=CCOc1ccc2c(c1)CCc1c-2[nH]c2cc([N+](=O)[O-])ccc12. The van der Waals surface area contributed by atoms with Crippen LogP contribution >= 0.6 is 11.8 Å². The number of nitro benzene ring substituents is 1. The van der Waals surface area contributed by atoms with E-state index in [4.69, 9.17) is 15.2 Å². The fourth-order valence-electron chi connectivity index (χ4n) is 5.31. The number of aryl methyl sites for hydroxylation is 2. The van der Waals surface area contributed by atoms with Crippen LogP contribution in [0.3, 0.4) is 0 Å². The number of allylic oxidation sites excluding steroid dienone is 1. The van der Waals surface area contributed by atoms with Gasteiger partial charge in [0.1, 0.15) is 36.0 Å². The molecule has 2 aliphatic heterocycles. The molecular formula is C33H38N4O9S. The summed E-state index contributed by atoms with van der Waals surface area (Å²) in [5.41, 5.74) is 12.5. The van der Waals surface area contributed by atoms with Gasteiger partial charge in [0.2, 0.25) is 5.91 Å². The van der Waals surface area contributed by atoms with Gasteiger partial charge in [-0.1, -0.05) is 0 Å². The number of aromatic nitrogens is 1. The summed E-state index contributed by atoms with van der Waals surface area (Å²) in [6.45, 7) is 9.47. The molecule has 3 N–H and O–H groups in total. The van der Waals surface area contributed by atoms with Crippen LogP contribution in [0.5, 0.6) is 5.75 Å². The molecule has 47 heavy (non-hydrogen) atoms. The number of rotatable bonds is 7. The first-order chi connectivity index (χ1) is 22.2. The molecule has 3 heterocycles. The lowest BCUT2D eigenvalue weighted by Crippen LogP contribution is -2.67. The van der Waals surface area contributed by atoms with E-state index in [-0.39, 0.29) is 52.7 Å². The average Bonchev–Trinajstić information content (AvgIpc) is 3.41. The van der Waals surface area contributed by atoms with Crippen molar-refractivity contribution >= 4 is 53.0 Å². The van der Waals surface area contributed by atoms with Crippen LogP contribution in [0.15, 0.2) is 47.7 Å². The molecule has 2 unspecified atom stereocenters. The molecule has 250 valence electrons. The maximum Gasteiger partial charge on any atom is 0.302 e. The Morgan fingerprint density at radius 3 is 2.55 bits per heavy atom. The summed E-state index contributed by atoms with van der Waals surface area (Å²) in [5, 5.41) is 12.1. The van der Waals surface area contributed by atoms with Crippen molar-refractivity contribution in [2.24, 2.45) is 5.73 Å². The fraction of sp³-hybridized carbons (Fsp3) is 0.394. The van der Waals surface area contributed by atoms with Crippen LogP contribution in [0.2, 0.25) is 0 Å². The van der Waals surface area contributed by atoms with Crippen LogP contribution < -0.4 is 10.5 Å². The third kappa shape index (κ3) is 8.19. The number of nitro groups is 1. The molecule has 14 heteroatoms. The van der Waals surface area contributed by atoms with Gasteiger partial charge in [0.15, 0.2) is 6.29 Å². The number of esters is 1. The Labute approximate surface area is 275 Å². The van der Waals surface area contributed by atoms with Crippen molar-refractivity contribution in [1.29, 1.82) is 0 Å². The average molecular weight is 667 g/mol. The summed E-state index contributed by atoms with van der Waals surface area (Å²) in [4.78, 5) is 57.9. The number of aromatic amines is 1. The second-order valence-corrected chi connectivity index (χ2v) is 13.1. The zero-order valence-corrected chi connectivity index (χ0v) is 27.7. The number of H-pyrrole nitrogens is 1. The Kier molecular flexibility index (Phi) is 11.1.